The van der Waals surface area contributed by atoms with E-state index in [1.165, 1.54) is 6.92 Å². The van der Waals surface area contributed by atoms with Crippen LogP contribution in [0.5, 0.6) is 0 Å². The number of hydrogen-bond donors (Lipinski definition) is 1. The first-order valence-electron chi connectivity index (χ1n) is 4.08. The maximum atomic E-state index is 12.6. The van der Waals surface area contributed by atoms with Gasteiger partial charge in [0.1, 0.15) is 11.8 Å². The Bertz CT molecular complexity index is 462. The van der Waals surface area contributed by atoms with Crippen molar-refractivity contribution in [3.63, 3.8) is 0 Å². The van der Waals surface area contributed by atoms with Gasteiger partial charge in [-0.05, 0) is 16.8 Å². The number of aromatic nitrogens is 1. The third-order valence-electron chi connectivity index (χ3n) is 1.94. The zero-order valence-electron chi connectivity index (χ0n) is 8.11. The molecule has 6 nitrogen and oxygen atoms in total. The minimum atomic E-state index is -3.02. The molecule has 0 aliphatic rings. The maximum Gasteiger partial charge on any atom is 0.376 e. The Morgan fingerprint density at radius 2 is 2.19 bits per heavy atom. The average Bonchev–Trinajstić information content (AvgIpc) is 2.15. The van der Waals surface area contributed by atoms with Crippen LogP contribution in [0.3, 0.4) is 0 Å². The Kier molecular flexibility index (Phi) is 3.11. The van der Waals surface area contributed by atoms with Crippen molar-refractivity contribution in [2.24, 2.45) is 5.73 Å². The number of rotatable bonds is 3. The van der Waals surface area contributed by atoms with E-state index in [1.807, 2.05) is 0 Å². The lowest BCUT2D eigenvalue weighted by Gasteiger charge is -2.07. The molecule has 0 aliphatic heterocycles. The number of pyridine rings is 1. The number of carbonyl (C=O) groups excluding carboxylic acids is 1. The number of primary amides is 1. The van der Waals surface area contributed by atoms with Crippen molar-refractivity contribution in [1.29, 1.82) is 0 Å². The van der Waals surface area contributed by atoms with Gasteiger partial charge in [-0.2, -0.15) is 0 Å². The van der Waals surface area contributed by atoms with Gasteiger partial charge in [-0.3, -0.25) is 4.79 Å². The summed E-state index contributed by atoms with van der Waals surface area (Å²) in [5.74, 6) is -2.24. The highest BCUT2D eigenvalue weighted by Crippen LogP contribution is 2.30. The molecule has 0 spiro atoms. The lowest BCUT2D eigenvalue weighted by molar-refractivity contribution is -0.389. The van der Waals surface area contributed by atoms with E-state index in [4.69, 9.17) is 5.73 Å². The molecule has 0 aromatic carbocycles. The highest BCUT2D eigenvalue weighted by atomic mass is 19.3. The van der Waals surface area contributed by atoms with Gasteiger partial charge in [0.2, 0.25) is 0 Å². The van der Waals surface area contributed by atoms with E-state index < -0.39 is 34.2 Å². The normalized spacial score (nSPS) is 10.5. The van der Waals surface area contributed by atoms with E-state index in [0.717, 1.165) is 6.20 Å². The van der Waals surface area contributed by atoms with Crippen LogP contribution < -0.4 is 5.73 Å². The topological polar surface area (TPSA) is 99.1 Å². The second-order valence-electron chi connectivity index (χ2n) is 2.98. The number of nitro groups is 1. The van der Waals surface area contributed by atoms with Gasteiger partial charge in [0.25, 0.3) is 12.3 Å². The number of aryl methyl sites for hydroxylation is 1. The molecular formula is C8H7F2N3O3. The Morgan fingerprint density at radius 3 is 2.56 bits per heavy atom. The summed E-state index contributed by atoms with van der Waals surface area (Å²) in [6, 6.07) is 0. The summed E-state index contributed by atoms with van der Waals surface area (Å²) in [5, 5.41) is 10.5. The quantitative estimate of drug-likeness (QED) is 0.626. The Morgan fingerprint density at radius 1 is 1.62 bits per heavy atom. The average molecular weight is 231 g/mol. The maximum absolute atomic E-state index is 12.6. The molecule has 1 heterocycles. The summed E-state index contributed by atoms with van der Waals surface area (Å²) in [4.78, 5) is 23.7. The minimum absolute atomic E-state index is 0.0191. The van der Waals surface area contributed by atoms with Crippen molar-refractivity contribution >= 4 is 11.7 Å². The molecule has 0 atom stereocenters. The first-order valence-corrected chi connectivity index (χ1v) is 4.08. The number of halogens is 2. The van der Waals surface area contributed by atoms with Crippen molar-refractivity contribution in [2.75, 3.05) is 0 Å². The second-order valence-corrected chi connectivity index (χ2v) is 2.98. The van der Waals surface area contributed by atoms with Crippen LogP contribution in [0.25, 0.3) is 0 Å². The summed E-state index contributed by atoms with van der Waals surface area (Å²) in [6.07, 6.45) is -2.12. The Hall–Kier alpha value is -2.12. The molecule has 1 amide bonds. The third-order valence-corrected chi connectivity index (χ3v) is 1.94. The summed E-state index contributed by atoms with van der Waals surface area (Å²) in [6.45, 7) is 1.27. The smallest absolute Gasteiger partial charge is 0.365 e. The first-order chi connectivity index (χ1) is 7.36. The summed E-state index contributed by atoms with van der Waals surface area (Å²) in [5.41, 5.74) is 3.25. The molecule has 1 rings (SSSR count). The predicted molar refractivity (Wildman–Crippen MR) is 49.1 cm³/mol. The van der Waals surface area contributed by atoms with Crippen molar-refractivity contribution in [3.8, 4) is 0 Å². The highest BCUT2D eigenvalue weighted by Gasteiger charge is 2.30. The first kappa shape index (κ1) is 12.0. The lowest BCUT2D eigenvalue weighted by Crippen LogP contribution is -2.18. The summed E-state index contributed by atoms with van der Waals surface area (Å²) < 4.78 is 25.3. The molecule has 0 bridgehead atoms. The summed E-state index contributed by atoms with van der Waals surface area (Å²) >= 11 is 0. The summed E-state index contributed by atoms with van der Waals surface area (Å²) in [7, 11) is 0. The fourth-order valence-electron chi connectivity index (χ4n) is 1.27. The van der Waals surface area contributed by atoms with Gasteiger partial charge in [0, 0.05) is 11.1 Å². The van der Waals surface area contributed by atoms with Crippen molar-refractivity contribution in [2.45, 2.75) is 13.3 Å². The van der Waals surface area contributed by atoms with E-state index in [9.17, 15) is 23.7 Å². The molecule has 0 saturated heterocycles. The van der Waals surface area contributed by atoms with Crippen LogP contribution in [-0.2, 0) is 0 Å². The van der Waals surface area contributed by atoms with E-state index >= 15 is 0 Å². The molecular weight excluding hydrogens is 224 g/mol. The molecule has 16 heavy (non-hydrogen) atoms. The van der Waals surface area contributed by atoms with Crippen LogP contribution in [0, 0.1) is 17.0 Å². The molecule has 0 aliphatic carbocycles. The molecule has 8 heteroatoms. The van der Waals surface area contributed by atoms with Crippen LogP contribution in [0.15, 0.2) is 6.20 Å². The second kappa shape index (κ2) is 4.17. The molecule has 1 aromatic heterocycles. The number of nitrogens with two attached hydrogens (primary N) is 1. The van der Waals surface area contributed by atoms with Crippen LogP contribution in [0.4, 0.5) is 14.6 Å². The van der Waals surface area contributed by atoms with E-state index in [1.54, 1.807) is 0 Å². The van der Waals surface area contributed by atoms with E-state index in [2.05, 4.69) is 4.98 Å². The third kappa shape index (κ3) is 1.95. The largest absolute Gasteiger partial charge is 0.376 e. The number of carbonyl (C=O) groups is 1. The van der Waals surface area contributed by atoms with Crippen LogP contribution in [-0.4, -0.2) is 15.8 Å². The zero-order valence-corrected chi connectivity index (χ0v) is 8.11. The molecule has 0 radical (unpaired) electrons. The molecule has 2 N–H and O–H groups in total. The van der Waals surface area contributed by atoms with Crippen LogP contribution in [0.1, 0.15) is 27.9 Å². The Balaban J connectivity index is 3.63. The molecule has 0 saturated carbocycles. The van der Waals surface area contributed by atoms with Gasteiger partial charge in [-0.25, -0.2) is 8.78 Å². The predicted octanol–water partition coefficient (Wildman–Crippen LogP) is 1.33. The molecule has 0 unspecified atom stereocenters. The van der Waals surface area contributed by atoms with Gasteiger partial charge in [-0.1, -0.05) is 0 Å². The molecule has 1 aromatic rings. The number of alkyl halides is 2. The van der Waals surface area contributed by atoms with Crippen LogP contribution >= 0.6 is 0 Å². The van der Waals surface area contributed by atoms with Gasteiger partial charge < -0.3 is 15.8 Å². The van der Waals surface area contributed by atoms with Crippen molar-refractivity contribution in [1.82, 2.24) is 4.98 Å². The highest BCUT2D eigenvalue weighted by molar-refractivity contribution is 5.98. The molecule has 0 fully saturated rings. The zero-order chi connectivity index (χ0) is 12.5. The number of amides is 1. The lowest BCUT2D eigenvalue weighted by atomic mass is 10.0. The van der Waals surface area contributed by atoms with Crippen molar-refractivity contribution < 1.29 is 18.5 Å². The number of hydrogen-bond acceptors (Lipinski definition) is 4. The van der Waals surface area contributed by atoms with Gasteiger partial charge >= 0.3 is 5.82 Å². The monoisotopic (exact) mass is 231 g/mol. The van der Waals surface area contributed by atoms with Crippen LogP contribution in [0.2, 0.25) is 0 Å². The molecule has 86 valence electrons. The standard InChI is InChI=1S/C8H7F2N3O3/c1-3-2-12-8(13(15)16)5(7(11)14)4(3)6(9)10/h2,6H,1H3,(H2,11,14). The fraction of sp³-hybridized carbons (Fsp3) is 0.250. The van der Waals surface area contributed by atoms with Gasteiger partial charge in [0.05, 0.1) is 0 Å². The van der Waals surface area contributed by atoms with Gasteiger partial charge in [0.15, 0.2) is 0 Å². The van der Waals surface area contributed by atoms with E-state index in [0.29, 0.717) is 0 Å². The number of nitrogens with zero attached hydrogens (tertiary/aromatic N) is 2. The minimum Gasteiger partial charge on any atom is -0.365 e. The van der Waals surface area contributed by atoms with Crippen molar-refractivity contribution in [3.05, 3.63) is 33.0 Å². The van der Waals surface area contributed by atoms with Gasteiger partial charge in [-0.15, -0.1) is 0 Å². The van der Waals surface area contributed by atoms with E-state index in [-0.39, 0.29) is 5.56 Å². The Labute approximate surface area is 88.2 Å². The SMILES string of the molecule is Cc1cnc([N+](=O)[O-])c(C(N)=O)c1C(F)F. The fourth-order valence-corrected chi connectivity index (χ4v) is 1.27.